The van der Waals surface area contributed by atoms with Crippen LogP contribution in [0.1, 0.15) is 39.5 Å². The van der Waals surface area contributed by atoms with Crippen LogP contribution < -0.4 is 5.32 Å². The first-order valence-corrected chi connectivity index (χ1v) is 5.51. The summed E-state index contributed by atoms with van der Waals surface area (Å²) >= 11 is 0. The number of carboxylic acid groups (broad SMARTS) is 1. The molecule has 0 fully saturated rings. The van der Waals surface area contributed by atoms with E-state index in [-0.39, 0.29) is 18.4 Å². The lowest BCUT2D eigenvalue weighted by Gasteiger charge is -2.23. The molecule has 0 saturated carbocycles. The van der Waals surface area contributed by atoms with Crippen LogP contribution in [0.25, 0.3) is 0 Å². The summed E-state index contributed by atoms with van der Waals surface area (Å²) in [5, 5.41) is 20.5. The molecule has 0 aliphatic heterocycles. The second kappa shape index (κ2) is 7.65. The number of carbonyl (C=O) groups is 1. The third-order valence-electron chi connectivity index (χ3n) is 2.39. The van der Waals surface area contributed by atoms with E-state index >= 15 is 0 Å². The van der Waals surface area contributed by atoms with Gasteiger partial charge in [0.15, 0.2) is 0 Å². The zero-order valence-corrected chi connectivity index (χ0v) is 9.75. The molecule has 0 rings (SSSR count). The van der Waals surface area contributed by atoms with Gasteiger partial charge in [0.25, 0.3) is 0 Å². The SMILES string of the molecule is CC(C)(CCO)CNCCCCC(=O)O. The van der Waals surface area contributed by atoms with Gasteiger partial charge in [-0.25, -0.2) is 0 Å². The summed E-state index contributed by atoms with van der Waals surface area (Å²) in [4.78, 5) is 10.2. The second-order valence-electron chi connectivity index (χ2n) is 4.67. The highest BCUT2D eigenvalue weighted by Crippen LogP contribution is 2.17. The lowest BCUT2D eigenvalue weighted by atomic mass is 9.90. The van der Waals surface area contributed by atoms with Gasteiger partial charge in [-0.05, 0) is 31.2 Å². The molecular weight excluding hydrogens is 194 g/mol. The number of hydrogen-bond acceptors (Lipinski definition) is 3. The van der Waals surface area contributed by atoms with Crippen molar-refractivity contribution in [3.8, 4) is 0 Å². The first-order valence-electron chi connectivity index (χ1n) is 5.51. The number of hydrogen-bond donors (Lipinski definition) is 3. The Morgan fingerprint density at radius 3 is 2.53 bits per heavy atom. The maximum Gasteiger partial charge on any atom is 0.303 e. The van der Waals surface area contributed by atoms with Crippen molar-refractivity contribution >= 4 is 5.97 Å². The van der Waals surface area contributed by atoms with E-state index in [2.05, 4.69) is 19.2 Å². The lowest BCUT2D eigenvalue weighted by molar-refractivity contribution is -0.137. The van der Waals surface area contributed by atoms with Gasteiger partial charge in [0.1, 0.15) is 0 Å². The fourth-order valence-electron chi connectivity index (χ4n) is 1.34. The molecule has 0 atom stereocenters. The van der Waals surface area contributed by atoms with E-state index in [1.54, 1.807) is 0 Å². The molecule has 0 spiro atoms. The monoisotopic (exact) mass is 217 g/mol. The number of carboxylic acids is 1. The number of rotatable bonds is 9. The van der Waals surface area contributed by atoms with Crippen molar-refractivity contribution < 1.29 is 15.0 Å². The quantitative estimate of drug-likeness (QED) is 0.508. The Balaban J connectivity index is 3.34. The van der Waals surface area contributed by atoms with Crippen molar-refractivity contribution in [1.82, 2.24) is 5.32 Å². The summed E-state index contributed by atoms with van der Waals surface area (Å²) in [6.45, 7) is 6.14. The fraction of sp³-hybridized carbons (Fsp3) is 0.909. The first kappa shape index (κ1) is 14.4. The van der Waals surface area contributed by atoms with Crippen LogP contribution in [-0.2, 0) is 4.79 Å². The van der Waals surface area contributed by atoms with Gasteiger partial charge in [0.2, 0.25) is 0 Å². The minimum atomic E-state index is -0.726. The highest BCUT2D eigenvalue weighted by molar-refractivity contribution is 5.66. The van der Waals surface area contributed by atoms with E-state index in [0.717, 1.165) is 32.4 Å². The summed E-state index contributed by atoms with van der Waals surface area (Å²) in [5.74, 6) is -0.726. The molecule has 0 aromatic carbocycles. The molecule has 0 unspecified atom stereocenters. The van der Waals surface area contributed by atoms with Crippen LogP contribution in [0.5, 0.6) is 0 Å². The highest BCUT2D eigenvalue weighted by atomic mass is 16.4. The van der Waals surface area contributed by atoms with Gasteiger partial charge in [-0.1, -0.05) is 13.8 Å². The van der Waals surface area contributed by atoms with E-state index in [4.69, 9.17) is 10.2 Å². The average Bonchev–Trinajstić information content (AvgIpc) is 2.10. The minimum Gasteiger partial charge on any atom is -0.481 e. The molecule has 0 aliphatic carbocycles. The Kier molecular flexibility index (Phi) is 7.34. The Morgan fingerprint density at radius 2 is 2.00 bits per heavy atom. The summed E-state index contributed by atoms with van der Waals surface area (Å²) < 4.78 is 0. The van der Waals surface area contributed by atoms with Gasteiger partial charge >= 0.3 is 5.97 Å². The summed E-state index contributed by atoms with van der Waals surface area (Å²) in [6, 6.07) is 0. The molecule has 0 amide bonds. The summed E-state index contributed by atoms with van der Waals surface area (Å²) in [6.07, 6.45) is 2.65. The van der Waals surface area contributed by atoms with Crippen LogP contribution in [0.15, 0.2) is 0 Å². The van der Waals surface area contributed by atoms with E-state index in [1.165, 1.54) is 0 Å². The van der Waals surface area contributed by atoms with E-state index in [1.807, 2.05) is 0 Å². The standard InChI is InChI=1S/C11H23NO3/c1-11(2,6-8-13)9-12-7-4-3-5-10(14)15/h12-13H,3-9H2,1-2H3,(H,14,15). The lowest BCUT2D eigenvalue weighted by Crippen LogP contribution is -2.30. The molecule has 90 valence electrons. The van der Waals surface area contributed by atoms with Crippen LogP contribution in [-0.4, -0.2) is 35.9 Å². The van der Waals surface area contributed by atoms with Crippen molar-refractivity contribution in [3.05, 3.63) is 0 Å². The molecule has 3 N–H and O–H groups in total. The van der Waals surface area contributed by atoms with Gasteiger partial charge in [-0.3, -0.25) is 4.79 Å². The molecule has 0 radical (unpaired) electrons. The van der Waals surface area contributed by atoms with Gasteiger partial charge in [0, 0.05) is 19.6 Å². The predicted octanol–water partition coefficient (Wildman–Crippen LogP) is 1.24. The van der Waals surface area contributed by atoms with Crippen LogP contribution in [0.2, 0.25) is 0 Å². The maximum atomic E-state index is 10.2. The summed E-state index contributed by atoms with van der Waals surface area (Å²) in [5.41, 5.74) is 0.113. The van der Waals surface area contributed by atoms with Crippen LogP contribution in [0, 0.1) is 5.41 Å². The Labute approximate surface area is 91.7 Å². The third kappa shape index (κ3) is 9.69. The minimum absolute atomic E-state index is 0.113. The largest absolute Gasteiger partial charge is 0.481 e. The summed E-state index contributed by atoms with van der Waals surface area (Å²) in [7, 11) is 0. The molecule has 15 heavy (non-hydrogen) atoms. The van der Waals surface area contributed by atoms with Crippen LogP contribution >= 0.6 is 0 Å². The Bertz CT molecular complexity index is 181. The maximum absolute atomic E-state index is 10.2. The third-order valence-corrected chi connectivity index (χ3v) is 2.39. The molecule has 0 bridgehead atoms. The van der Waals surface area contributed by atoms with E-state index in [0.29, 0.717) is 0 Å². The zero-order valence-electron chi connectivity index (χ0n) is 9.75. The predicted molar refractivity (Wildman–Crippen MR) is 59.8 cm³/mol. The van der Waals surface area contributed by atoms with Gasteiger partial charge in [-0.15, -0.1) is 0 Å². The number of aliphatic carboxylic acids is 1. The topological polar surface area (TPSA) is 69.6 Å². The van der Waals surface area contributed by atoms with Crippen molar-refractivity contribution in [1.29, 1.82) is 0 Å². The van der Waals surface area contributed by atoms with E-state index < -0.39 is 5.97 Å². The van der Waals surface area contributed by atoms with Gasteiger partial charge in [0.05, 0.1) is 0 Å². The van der Waals surface area contributed by atoms with E-state index in [9.17, 15) is 4.79 Å². The van der Waals surface area contributed by atoms with Crippen LogP contribution in [0.4, 0.5) is 0 Å². The fourth-order valence-corrected chi connectivity index (χ4v) is 1.34. The second-order valence-corrected chi connectivity index (χ2v) is 4.67. The molecule has 0 aromatic heterocycles. The van der Waals surface area contributed by atoms with Gasteiger partial charge in [-0.2, -0.15) is 0 Å². The number of nitrogens with one attached hydrogen (secondary N) is 1. The van der Waals surface area contributed by atoms with Crippen molar-refractivity contribution in [2.75, 3.05) is 19.7 Å². The Morgan fingerprint density at radius 1 is 1.33 bits per heavy atom. The normalized spacial score (nSPS) is 11.7. The molecule has 0 aromatic rings. The molecule has 0 saturated heterocycles. The Hall–Kier alpha value is -0.610. The van der Waals surface area contributed by atoms with Gasteiger partial charge < -0.3 is 15.5 Å². The average molecular weight is 217 g/mol. The van der Waals surface area contributed by atoms with Crippen LogP contribution in [0.3, 0.4) is 0 Å². The molecule has 0 heterocycles. The van der Waals surface area contributed by atoms with Crippen molar-refractivity contribution in [2.45, 2.75) is 39.5 Å². The zero-order chi connectivity index (χ0) is 11.7. The molecule has 4 nitrogen and oxygen atoms in total. The van der Waals surface area contributed by atoms with Crippen molar-refractivity contribution in [2.24, 2.45) is 5.41 Å². The molecule has 4 heteroatoms. The molecule has 0 aliphatic rings. The number of aliphatic hydroxyl groups is 1. The number of unbranched alkanes of at least 4 members (excludes halogenated alkanes) is 1. The first-order chi connectivity index (χ1) is 6.98. The van der Waals surface area contributed by atoms with Crippen molar-refractivity contribution in [3.63, 3.8) is 0 Å². The number of aliphatic hydroxyl groups excluding tert-OH is 1. The highest BCUT2D eigenvalue weighted by Gasteiger charge is 2.15. The molecular formula is C11H23NO3. The smallest absolute Gasteiger partial charge is 0.303 e.